The third-order valence-corrected chi connectivity index (χ3v) is 8.59. The van der Waals surface area contributed by atoms with Gasteiger partial charge in [-0.3, -0.25) is 15.0 Å². The number of benzene rings is 5. The maximum absolute atomic E-state index is 4.12. The third kappa shape index (κ3) is 41.1. The molecule has 7 aromatic heterocycles. The van der Waals surface area contributed by atoms with Crippen LogP contribution in [-0.2, 0) is 0 Å². The van der Waals surface area contributed by atoms with Crippen LogP contribution in [0.25, 0.3) is 65.4 Å². The van der Waals surface area contributed by atoms with E-state index in [1.165, 1.54) is 10.8 Å². The Balaban J connectivity index is -0.000000160. The average molecular weight is 1160 g/mol. The summed E-state index contributed by atoms with van der Waals surface area (Å²) in [5.74, 6) is 0. The highest BCUT2D eigenvalue weighted by Crippen LogP contribution is 2.11. The Morgan fingerprint density at radius 3 is 0.965 bits per heavy atom. The summed E-state index contributed by atoms with van der Waals surface area (Å²) in [4.78, 5) is 28.4. The summed E-state index contributed by atoms with van der Waals surface area (Å²) < 4.78 is 0. The Morgan fingerprint density at radius 1 is 0.212 bits per heavy atom. The Morgan fingerprint density at radius 2 is 0.553 bits per heavy atom. The number of nitrogens with zero attached hydrogens (tertiary/aromatic N) is 11. The molecule has 0 radical (unpaired) electrons. The maximum Gasteiger partial charge on any atom is 0.159 e. The van der Waals surface area contributed by atoms with E-state index in [4.69, 9.17) is 0 Å². The summed E-state index contributed by atoms with van der Waals surface area (Å²) in [6.45, 7) is 48.0. The van der Waals surface area contributed by atoms with Crippen molar-refractivity contribution in [2.75, 3.05) is 0 Å². The van der Waals surface area contributed by atoms with Crippen molar-refractivity contribution in [2.45, 2.75) is 174 Å². The molecule has 11 heteroatoms. The van der Waals surface area contributed by atoms with Gasteiger partial charge in [0.2, 0.25) is 0 Å². The summed E-state index contributed by atoms with van der Waals surface area (Å²) in [5.41, 5.74) is 4.66. The van der Waals surface area contributed by atoms with Gasteiger partial charge in [-0.2, -0.15) is 20.4 Å². The molecule has 0 aliphatic carbocycles. The van der Waals surface area contributed by atoms with Crippen molar-refractivity contribution in [1.82, 2.24) is 55.3 Å². The van der Waals surface area contributed by atoms with Crippen molar-refractivity contribution in [3.63, 3.8) is 0 Å². The number of hydrogen-bond donors (Lipinski definition) is 0. The van der Waals surface area contributed by atoms with Crippen LogP contribution in [0.1, 0.15) is 174 Å². The van der Waals surface area contributed by atoms with Crippen molar-refractivity contribution < 1.29 is 0 Å². The smallest absolute Gasteiger partial charge is 0.159 e. The first-order valence-electron chi connectivity index (χ1n) is 30.9. The predicted molar refractivity (Wildman–Crippen MR) is 382 cm³/mol. The minimum atomic E-state index is 0. The van der Waals surface area contributed by atoms with Gasteiger partial charge in [-0.15, -0.1) is 0 Å². The third-order valence-electron chi connectivity index (χ3n) is 8.59. The molecule has 7 heterocycles. The molecule has 0 amide bonds. The summed E-state index contributed by atoms with van der Waals surface area (Å²) in [7, 11) is 0. The largest absolute Gasteiger partial charge is 0.264 e. The molecule has 0 saturated carbocycles. The van der Waals surface area contributed by atoms with Gasteiger partial charge in [0.15, 0.2) is 5.65 Å². The zero-order valence-electron chi connectivity index (χ0n) is 56.3. The molecule has 0 spiro atoms. The fourth-order valence-corrected chi connectivity index (χ4v) is 5.63. The first-order chi connectivity index (χ1) is 41.8. The van der Waals surface area contributed by atoms with Crippen LogP contribution in [0.3, 0.4) is 0 Å². The molecule has 0 saturated heterocycles. The summed E-state index contributed by atoms with van der Waals surface area (Å²) >= 11 is 0. The summed E-state index contributed by atoms with van der Waals surface area (Å²) in [6, 6.07) is 51.6. The molecular weight excluding hydrogens is 1040 g/mol. The van der Waals surface area contributed by atoms with E-state index in [0.717, 1.165) is 54.6 Å². The van der Waals surface area contributed by atoms with Crippen molar-refractivity contribution >= 4 is 65.4 Å². The molecule has 0 aliphatic heterocycles. The number of fused-ring (bicyclic) bond motifs is 6. The molecule has 5 aromatic carbocycles. The van der Waals surface area contributed by atoms with Crippen LogP contribution in [0.5, 0.6) is 0 Å². The van der Waals surface area contributed by atoms with E-state index >= 15 is 0 Å². The highest BCUT2D eigenvalue weighted by molar-refractivity contribution is 5.82. The van der Waals surface area contributed by atoms with Crippen LogP contribution < -0.4 is 0 Å². The quantitative estimate of drug-likeness (QED) is 0.143. The van der Waals surface area contributed by atoms with E-state index in [2.05, 4.69) is 67.4 Å². The van der Waals surface area contributed by atoms with Gasteiger partial charge in [0.1, 0.15) is 6.33 Å². The lowest BCUT2D eigenvalue weighted by atomic mass is 10.2. The highest BCUT2D eigenvalue weighted by atomic mass is 15.1. The van der Waals surface area contributed by atoms with Crippen LogP contribution in [0.4, 0.5) is 0 Å². The average Bonchev–Trinajstić information content (AvgIpc) is 3.69. The normalized spacial score (nSPS) is 7.91. The fraction of sp³-hybridized carbons (Fsp3) is 0.338. The van der Waals surface area contributed by atoms with E-state index in [1.54, 1.807) is 49.7 Å². The van der Waals surface area contributed by atoms with E-state index in [9.17, 15) is 0 Å². The molecular formula is C74H113N11. The second kappa shape index (κ2) is 73.4. The lowest BCUT2D eigenvalue weighted by molar-refractivity contribution is 1.05. The van der Waals surface area contributed by atoms with Crippen LogP contribution in [0.15, 0.2) is 226 Å². The summed E-state index contributed by atoms with van der Waals surface area (Å²) in [6.07, 6.45) is 19.1. The molecule has 0 atom stereocenters. The first kappa shape index (κ1) is 90.2. The topological polar surface area (TPSA) is 142 Å². The van der Waals surface area contributed by atoms with Gasteiger partial charge in [0, 0.05) is 70.3 Å². The Bertz CT molecular complexity index is 2230. The predicted octanol–water partition coefficient (Wildman–Crippen LogP) is 23.3. The van der Waals surface area contributed by atoms with Gasteiger partial charge in [0.05, 0.1) is 40.7 Å². The van der Waals surface area contributed by atoms with E-state index in [1.807, 2.05) is 330 Å². The van der Waals surface area contributed by atoms with Gasteiger partial charge in [-0.25, -0.2) is 19.9 Å². The zero-order valence-corrected chi connectivity index (χ0v) is 56.3. The lowest BCUT2D eigenvalue weighted by Crippen LogP contribution is -1.79. The van der Waals surface area contributed by atoms with Gasteiger partial charge >= 0.3 is 0 Å². The minimum absolute atomic E-state index is 0. The van der Waals surface area contributed by atoms with E-state index in [0.29, 0.717) is 0 Å². The molecule has 0 fully saturated rings. The Hall–Kier alpha value is -8.57. The van der Waals surface area contributed by atoms with Crippen LogP contribution in [0, 0.1) is 0 Å². The lowest BCUT2D eigenvalue weighted by Gasteiger charge is -1.91. The molecule has 0 unspecified atom stereocenters. The molecule has 0 bridgehead atoms. The number of pyridine rings is 3. The van der Waals surface area contributed by atoms with Crippen LogP contribution in [0.2, 0.25) is 0 Å². The van der Waals surface area contributed by atoms with Crippen molar-refractivity contribution in [3.8, 4) is 0 Å². The van der Waals surface area contributed by atoms with Crippen molar-refractivity contribution in [1.29, 1.82) is 0 Å². The molecule has 11 nitrogen and oxygen atoms in total. The fourth-order valence-electron chi connectivity index (χ4n) is 5.63. The highest BCUT2D eigenvalue weighted by Gasteiger charge is 1.92. The second-order valence-corrected chi connectivity index (χ2v) is 12.6. The van der Waals surface area contributed by atoms with Gasteiger partial charge < -0.3 is 0 Å². The zero-order chi connectivity index (χ0) is 64.9. The van der Waals surface area contributed by atoms with E-state index in [-0.39, 0.29) is 7.43 Å². The standard InChI is InChI=1S/C9H7N.5C8H6N2.12C2H6.CH4/c1-2-4-9-7-10-6-5-8(9)3-1;1-3-7-4-2-6-10-8(7)9-5-1;1-2-4-8-7(3-1)5-9-6-10-8;1-2-4-8-6-10-9-5-7(8)3-1;1-2-4-8-7(3-1)9-5-6-10-8;1-2-4-8-7(3-1)5-6-9-10-8;12*1-2;/h1-7H;5*1-6H;12*1-2H3;1H4. The maximum atomic E-state index is 4.12. The first-order valence-corrected chi connectivity index (χ1v) is 30.9. The molecule has 0 aliphatic rings. The van der Waals surface area contributed by atoms with Gasteiger partial charge in [-0.1, -0.05) is 271 Å². The molecule has 0 N–H and O–H groups in total. The minimum Gasteiger partial charge on any atom is -0.264 e. The van der Waals surface area contributed by atoms with Crippen LogP contribution in [-0.4, -0.2) is 55.3 Å². The number of hydrogen-bond acceptors (Lipinski definition) is 11. The monoisotopic (exact) mass is 1160 g/mol. The van der Waals surface area contributed by atoms with Crippen molar-refractivity contribution in [2.24, 2.45) is 0 Å². The van der Waals surface area contributed by atoms with Gasteiger partial charge in [0.25, 0.3) is 0 Å². The Labute approximate surface area is 517 Å². The second-order valence-electron chi connectivity index (χ2n) is 12.6. The number of para-hydroxylation sites is 3. The molecule has 12 rings (SSSR count). The molecule has 12 aromatic rings. The van der Waals surface area contributed by atoms with Crippen molar-refractivity contribution in [3.05, 3.63) is 226 Å². The van der Waals surface area contributed by atoms with Crippen LogP contribution >= 0.6 is 0 Å². The molecule has 464 valence electrons. The number of rotatable bonds is 0. The Kier molecular flexibility index (Phi) is 77.9. The molecule has 85 heavy (non-hydrogen) atoms. The number of aromatic nitrogens is 11. The SMILES string of the molecule is C.CC.CC.CC.CC.CC.CC.CC.CC.CC.CC.CC.CC.c1ccc2cnccc2c1.c1ccc2cnncc2c1.c1ccc2nccnc2c1.c1ccc2ncncc2c1.c1ccc2nnccc2c1.c1cnc2ncccc2c1. The van der Waals surface area contributed by atoms with Gasteiger partial charge in [-0.05, 0) is 71.4 Å². The summed E-state index contributed by atoms with van der Waals surface area (Å²) in [5, 5.41) is 23.3. The van der Waals surface area contributed by atoms with E-state index < -0.39 is 0 Å².